The molecule has 2 N–H and O–H groups in total. The van der Waals surface area contributed by atoms with Gasteiger partial charge in [0.15, 0.2) is 0 Å². The number of benzene rings is 1. The Balaban J connectivity index is 0.00000140. The van der Waals surface area contributed by atoms with Crippen molar-refractivity contribution < 1.29 is 9.53 Å². The van der Waals surface area contributed by atoms with E-state index in [9.17, 15) is 4.79 Å². The average Bonchev–Trinajstić information content (AvgIpc) is 3.10. The summed E-state index contributed by atoms with van der Waals surface area (Å²) in [7, 11) is 0. The molecule has 0 saturated carbocycles. The lowest BCUT2D eigenvalue weighted by Gasteiger charge is -2.26. The molecule has 6 nitrogen and oxygen atoms in total. The Morgan fingerprint density at radius 3 is 2.71 bits per heavy atom. The average molecular weight is 429 g/mol. The quantitative estimate of drug-likeness (QED) is 0.768. The van der Waals surface area contributed by atoms with Crippen LogP contribution in [-0.4, -0.2) is 60.8 Å². The maximum Gasteiger partial charge on any atom is 0.241 e. The molecule has 2 saturated heterocycles. The fourth-order valence-corrected chi connectivity index (χ4v) is 3.85. The molecule has 2 aliphatic rings. The summed E-state index contributed by atoms with van der Waals surface area (Å²) in [6.07, 6.45) is 5.34. The summed E-state index contributed by atoms with van der Waals surface area (Å²) in [4.78, 5) is 14.8. The summed E-state index contributed by atoms with van der Waals surface area (Å²) in [6.45, 7) is 6.66. The zero-order valence-electron chi connectivity index (χ0n) is 16.1. The molecule has 0 radical (unpaired) electrons. The van der Waals surface area contributed by atoms with Crippen molar-refractivity contribution in [3.63, 3.8) is 0 Å². The number of aromatic nitrogens is 1. The molecule has 28 heavy (non-hydrogen) atoms. The van der Waals surface area contributed by atoms with Crippen LogP contribution in [0.2, 0.25) is 0 Å². The van der Waals surface area contributed by atoms with Crippen LogP contribution >= 0.6 is 24.8 Å². The molecule has 1 aromatic carbocycles. The molecule has 1 aromatic heterocycles. The molecule has 3 heterocycles. The molecule has 2 aliphatic heterocycles. The van der Waals surface area contributed by atoms with Gasteiger partial charge in [-0.25, -0.2) is 0 Å². The Labute approximate surface area is 178 Å². The van der Waals surface area contributed by atoms with Gasteiger partial charge >= 0.3 is 0 Å². The lowest BCUT2D eigenvalue weighted by molar-refractivity contribution is -0.118. The number of ether oxygens (including phenoxy) is 1. The van der Waals surface area contributed by atoms with Crippen molar-refractivity contribution >= 4 is 47.3 Å². The van der Waals surface area contributed by atoms with E-state index in [2.05, 4.69) is 44.5 Å². The first-order valence-electron chi connectivity index (χ1n) is 9.73. The molecule has 4 rings (SSSR count). The second kappa shape index (κ2) is 11.0. The molecule has 0 bridgehead atoms. The molecular weight excluding hydrogens is 399 g/mol. The first kappa shape index (κ1) is 23.0. The van der Waals surface area contributed by atoms with Crippen molar-refractivity contribution in [3.8, 4) is 0 Å². The Kier molecular flexibility index (Phi) is 9.05. The lowest BCUT2D eigenvalue weighted by atomic mass is 10.0. The number of carbonyl (C=O) groups is 1. The number of rotatable bonds is 5. The van der Waals surface area contributed by atoms with Crippen molar-refractivity contribution in [2.24, 2.45) is 0 Å². The third kappa shape index (κ3) is 5.61. The predicted molar refractivity (Wildman–Crippen MR) is 118 cm³/mol. The lowest BCUT2D eigenvalue weighted by Crippen LogP contribution is -2.43. The smallest absolute Gasteiger partial charge is 0.241 e. The van der Waals surface area contributed by atoms with Crippen molar-refractivity contribution in [2.45, 2.75) is 31.8 Å². The highest BCUT2D eigenvalue weighted by Crippen LogP contribution is 2.21. The van der Waals surface area contributed by atoms with E-state index in [1.165, 1.54) is 10.9 Å². The van der Waals surface area contributed by atoms with Gasteiger partial charge in [-0.1, -0.05) is 6.42 Å². The normalized spacial score (nSPS) is 20.2. The van der Waals surface area contributed by atoms with Gasteiger partial charge in [-0.15, -0.1) is 24.8 Å². The van der Waals surface area contributed by atoms with Crippen molar-refractivity contribution in [3.05, 3.63) is 30.5 Å². The number of nitrogens with zero attached hydrogens (tertiary/aromatic N) is 2. The second-order valence-corrected chi connectivity index (χ2v) is 7.23. The molecule has 1 atom stereocenters. The largest absolute Gasteiger partial charge is 0.379 e. The molecule has 2 fully saturated rings. The molecule has 0 unspecified atom stereocenters. The number of nitrogens with one attached hydrogen (secondary N) is 2. The number of amides is 1. The molecule has 8 heteroatoms. The fourth-order valence-electron chi connectivity index (χ4n) is 3.85. The molecule has 156 valence electrons. The SMILES string of the molecule is Cl.Cl.O=C(Nc1ccc2c(ccn2CCN2CCOCC2)c1)[C@H]1CCCCN1. The molecule has 0 aliphatic carbocycles. The van der Waals surface area contributed by atoms with Gasteiger partial charge in [-0.2, -0.15) is 0 Å². The monoisotopic (exact) mass is 428 g/mol. The zero-order chi connectivity index (χ0) is 17.8. The molecule has 1 amide bonds. The molecular formula is C20H30Cl2N4O2. The Morgan fingerprint density at radius 2 is 1.96 bits per heavy atom. The predicted octanol–water partition coefficient (Wildman–Crippen LogP) is 2.90. The van der Waals surface area contributed by atoms with Gasteiger partial charge in [-0.3, -0.25) is 9.69 Å². The van der Waals surface area contributed by atoms with Gasteiger partial charge < -0.3 is 19.9 Å². The van der Waals surface area contributed by atoms with Crippen LogP contribution < -0.4 is 10.6 Å². The van der Waals surface area contributed by atoms with Gasteiger partial charge in [0.25, 0.3) is 0 Å². The Morgan fingerprint density at radius 1 is 1.14 bits per heavy atom. The van der Waals surface area contributed by atoms with Crippen molar-refractivity contribution in [2.75, 3.05) is 44.7 Å². The first-order chi connectivity index (χ1) is 12.8. The minimum absolute atomic E-state index is 0. The van der Waals surface area contributed by atoms with Crippen LogP contribution in [0.15, 0.2) is 30.5 Å². The topological polar surface area (TPSA) is 58.5 Å². The number of anilines is 1. The Hall–Kier alpha value is -1.31. The van der Waals surface area contributed by atoms with E-state index in [1.807, 2.05) is 6.07 Å². The standard InChI is InChI=1S/C20H28N4O2.2ClH/c25-20(18-3-1-2-7-21-18)22-17-4-5-19-16(15-17)6-8-24(19)10-9-23-11-13-26-14-12-23;;/h4-6,8,15,18,21H,1-3,7,9-14H2,(H,22,25);2*1H/t18-;;/m1../s1. The van der Waals surface area contributed by atoms with Crippen LogP contribution in [0.4, 0.5) is 5.69 Å². The number of morpholine rings is 1. The maximum atomic E-state index is 12.4. The number of carbonyl (C=O) groups excluding carboxylic acids is 1. The highest BCUT2D eigenvalue weighted by atomic mass is 35.5. The van der Waals surface area contributed by atoms with E-state index in [-0.39, 0.29) is 36.8 Å². The molecule has 0 spiro atoms. The van der Waals surface area contributed by atoms with Gasteiger partial charge in [0.2, 0.25) is 5.91 Å². The van der Waals surface area contributed by atoms with Gasteiger partial charge in [0.1, 0.15) is 0 Å². The first-order valence-corrected chi connectivity index (χ1v) is 9.73. The van der Waals surface area contributed by atoms with Gasteiger partial charge in [0, 0.05) is 49.0 Å². The van der Waals surface area contributed by atoms with Crippen LogP contribution in [0, 0.1) is 0 Å². The summed E-state index contributed by atoms with van der Waals surface area (Å²) in [5.74, 6) is 0.0794. The summed E-state index contributed by atoms with van der Waals surface area (Å²) in [5.41, 5.74) is 2.09. The maximum absolute atomic E-state index is 12.4. The van der Waals surface area contributed by atoms with Crippen LogP contribution in [0.25, 0.3) is 10.9 Å². The fraction of sp³-hybridized carbons (Fsp3) is 0.550. The van der Waals surface area contributed by atoms with Gasteiger partial charge in [0.05, 0.1) is 19.3 Å². The van der Waals surface area contributed by atoms with Crippen molar-refractivity contribution in [1.29, 1.82) is 0 Å². The van der Waals surface area contributed by atoms with Crippen molar-refractivity contribution in [1.82, 2.24) is 14.8 Å². The van der Waals surface area contributed by atoms with Crippen LogP contribution in [0.3, 0.4) is 0 Å². The van der Waals surface area contributed by atoms with E-state index in [0.29, 0.717) is 0 Å². The van der Waals surface area contributed by atoms with Crippen LogP contribution in [0.1, 0.15) is 19.3 Å². The van der Waals surface area contributed by atoms with Crippen LogP contribution in [0.5, 0.6) is 0 Å². The number of hydrogen-bond donors (Lipinski definition) is 2. The van der Waals surface area contributed by atoms with Gasteiger partial charge in [-0.05, 0) is 43.7 Å². The number of piperidine rings is 1. The van der Waals surface area contributed by atoms with E-state index in [0.717, 1.165) is 70.9 Å². The van der Waals surface area contributed by atoms with E-state index < -0.39 is 0 Å². The van der Waals surface area contributed by atoms with E-state index in [4.69, 9.17) is 4.74 Å². The van der Waals surface area contributed by atoms with E-state index >= 15 is 0 Å². The third-order valence-corrected chi connectivity index (χ3v) is 5.43. The number of fused-ring (bicyclic) bond motifs is 1. The summed E-state index contributed by atoms with van der Waals surface area (Å²) < 4.78 is 7.70. The summed E-state index contributed by atoms with van der Waals surface area (Å²) >= 11 is 0. The van der Waals surface area contributed by atoms with E-state index in [1.54, 1.807) is 0 Å². The summed E-state index contributed by atoms with van der Waals surface area (Å²) in [6, 6.07) is 8.26. The second-order valence-electron chi connectivity index (χ2n) is 7.23. The third-order valence-electron chi connectivity index (χ3n) is 5.43. The number of halogens is 2. The minimum Gasteiger partial charge on any atom is -0.379 e. The molecule has 2 aromatic rings. The summed E-state index contributed by atoms with van der Waals surface area (Å²) in [5, 5.41) is 7.53. The zero-order valence-corrected chi connectivity index (χ0v) is 17.7. The Bertz CT molecular complexity index is 756. The highest BCUT2D eigenvalue weighted by Gasteiger charge is 2.20. The number of hydrogen-bond acceptors (Lipinski definition) is 4. The van der Waals surface area contributed by atoms with Crippen LogP contribution in [-0.2, 0) is 16.1 Å². The highest BCUT2D eigenvalue weighted by molar-refractivity contribution is 5.97. The minimum atomic E-state index is -0.0578.